The second-order valence-corrected chi connectivity index (χ2v) is 7.96. The number of aliphatic hydroxyl groups is 1. The van der Waals surface area contributed by atoms with Crippen molar-refractivity contribution < 1.29 is 24.0 Å². The van der Waals surface area contributed by atoms with E-state index >= 15 is 0 Å². The van der Waals surface area contributed by atoms with E-state index in [0.717, 1.165) is 19.3 Å². The molecule has 1 aliphatic rings. The minimum absolute atomic E-state index is 0.00321. The third-order valence-corrected chi connectivity index (χ3v) is 5.57. The fourth-order valence-corrected chi connectivity index (χ4v) is 3.89. The number of unbranched alkanes of at least 4 members (excludes halogenated alkanes) is 2. The molecule has 0 saturated carbocycles. The predicted molar refractivity (Wildman–Crippen MR) is 124 cm³/mol. The van der Waals surface area contributed by atoms with Crippen LogP contribution in [0.25, 0.3) is 5.76 Å². The lowest BCUT2D eigenvalue weighted by Crippen LogP contribution is -2.29. The number of Topliss-reactive ketones (excluding diaryl/α,β-unsaturated/α-hetero) is 1. The molecule has 1 unspecified atom stereocenters. The Hall–Kier alpha value is -3.87. The molecule has 0 radical (unpaired) electrons. The van der Waals surface area contributed by atoms with Gasteiger partial charge in [-0.1, -0.05) is 67.4 Å². The summed E-state index contributed by atoms with van der Waals surface area (Å²) in [7, 11) is 0. The number of benzene rings is 2. The van der Waals surface area contributed by atoms with Gasteiger partial charge in [0, 0.05) is 11.6 Å². The molecule has 1 fully saturated rings. The molecule has 3 aromatic rings. The highest BCUT2D eigenvalue weighted by Gasteiger charge is 2.48. The van der Waals surface area contributed by atoms with E-state index < -0.39 is 17.7 Å². The van der Waals surface area contributed by atoms with Crippen molar-refractivity contribution in [3.8, 4) is 5.75 Å². The number of hydrogen-bond donors (Lipinski definition) is 1. The molecular weight excluding hydrogens is 420 g/mol. The van der Waals surface area contributed by atoms with Gasteiger partial charge in [0.05, 0.1) is 18.2 Å². The molecule has 7 nitrogen and oxygen atoms in total. The van der Waals surface area contributed by atoms with Gasteiger partial charge in [-0.3, -0.25) is 14.5 Å². The van der Waals surface area contributed by atoms with Gasteiger partial charge in [-0.25, -0.2) is 0 Å². The maximum absolute atomic E-state index is 13.1. The molecule has 2 heterocycles. The van der Waals surface area contributed by atoms with Crippen molar-refractivity contribution in [2.45, 2.75) is 39.2 Å². The van der Waals surface area contributed by atoms with Crippen LogP contribution in [-0.4, -0.2) is 28.6 Å². The van der Waals surface area contributed by atoms with Gasteiger partial charge < -0.3 is 14.4 Å². The summed E-state index contributed by atoms with van der Waals surface area (Å²) in [6.45, 7) is 4.46. The maximum atomic E-state index is 13.1. The second kappa shape index (κ2) is 9.73. The molecule has 0 spiro atoms. The van der Waals surface area contributed by atoms with Gasteiger partial charge in [-0.2, -0.15) is 0 Å². The molecule has 4 rings (SSSR count). The minimum atomic E-state index is -0.858. The molecular formula is C26H26N2O5. The zero-order chi connectivity index (χ0) is 23.4. The summed E-state index contributed by atoms with van der Waals surface area (Å²) in [5.41, 5.74) is 1.10. The Morgan fingerprint density at radius 1 is 1.09 bits per heavy atom. The lowest BCUT2D eigenvalue weighted by molar-refractivity contribution is -0.132. The van der Waals surface area contributed by atoms with E-state index in [4.69, 9.17) is 9.26 Å². The van der Waals surface area contributed by atoms with Crippen LogP contribution in [0.4, 0.5) is 5.82 Å². The van der Waals surface area contributed by atoms with Crippen LogP contribution in [-0.2, 0) is 9.59 Å². The minimum Gasteiger partial charge on any atom is -0.507 e. The zero-order valence-electron chi connectivity index (χ0n) is 18.7. The van der Waals surface area contributed by atoms with E-state index in [-0.39, 0.29) is 17.2 Å². The van der Waals surface area contributed by atoms with Gasteiger partial charge in [0.15, 0.2) is 5.82 Å². The Kier molecular flexibility index (Phi) is 6.58. The molecule has 1 aromatic heterocycles. The molecule has 7 heteroatoms. The van der Waals surface area contributed by atoms with Gasteiger partial charge in [0.2, 0.25) is 0 Å². The van der Waals surface area contributed by atoms with Crippen molar-refractivity contribution in [2.24, 2.45) is 0 Å². The Bertz CT molecular complexity index is 1160. The summed E-state index contributed by atoms with van der Waals surface area (Å²) in [5, 5.41) is 15.0. The topological polar surface area (TPSA) is 92.9 Å². The smallest absolute Gasteiger partial charge is 0.301 e. The zero-order valence-corrected chi connectivity index (χ0v) is 18.7. The van der Waals surface area contributed by atoms with Gasteiger partial charge in [0.25, 0.3) is 5.78 Å². The molecule has 1 atom stereocenters. The molecule has 0 bridgehead atoms. The van der Waals surface area contributed by atoms with Crippen LogP contribution >= 0.6 is 0 Å². The van der Waals surface area contributed by atoms with Crippen molar-refractivity contribution in [1.82, 2.24) is 5.16 Å². The van der Waals surface area contributed by atoms with E-state index in [1.807, 2.05) is 6.07 Å². The number of ether oxygens (including phenoxy) is 1. The summed E-state index contributed by atoms with van der Waals surface area (Å²) in [6.07, 6.45) is 3.19. The molecule has 1 amide bonds. The molecule has 1 N–H and O–H groups in total. The quantitative estimate of drug-likeness (QED) is 0.222. The van der Waals surface area contributed by atoms with E-state index in [1.165, 1.54) is 4.90 Å². The van der Waals surface area contributed by atoms with Crippen molar-refractivity contribution in [1.29, 1.82) is 0 Å². The van der Waals surface area contributed by atoms with Crippen molar-refractivity contribution in [3.05, 3.63) is 83.1 Å². The molecule has 170 valence electrons. The SMILES string of the molecule is CCCCCOc1ccc(C2/C(=C(/O)c3ccccc3)C(=O)C(=O)N2c2cc(C)on2)cc1. The number of carbonyl (C=O) groups excluding carboxylic acids is 2. The monoisotopic (exact) mass is 446 g/mol. The number of rotatable bonds is 8. The van der Waals surface area contributed by atoms with Gasteiger partial charge in [-0.05, 0) is 31.0 Å². The first-order valence-corrected chi connectivity index (χ1v) is 11.0. The molecule has 2 aromatic carbocycles. The number of aliphatic hydroxyl groups excluding tert-OH is 1. The summed E-state index contributed by atoms with van der Waals surface area (Å²) < 4.78 is 10.9. The molecule has 1 saturated heterocycles. The van der Waals surface area contributed by atoms with E-state index in [1.54, 1.807) is 61.5 Å². The van der Waals surface area contributed by atoms with Crippen LogP contribution < -0.4 is 9.64 Å². The van der Waals surface area contributed by atoms with E-state index in [2.05, 4.69) is 12.1 Å². The number of aromatic nitrogens is 1. The number of hydrogen-bond acceptors (Lipinski definition) is 6. The van der Waals surface area contributed by atoms with Crippen LogP contribution in [0.5, 0.6) is 5.75 Å². The van der Waals surface area contributed by atoms with E-state index in [0.29, 0.717) is 29.2 Å². The Labute approximate surface area is 192 Å². The number of nitrogens with zero attached hydrogens (tertiary/aromatic N) is 2. The van der Waals surface area contributed by atoms with Crippen molar-refractivity contribution in [3.63, 3.8) is 0 Å². The second-order valence-electron chi connectivity index (χ2n) is 7.96. The predicted octanol–water partition coefficient (Wildman–Crippen LogP) is 5.18. The number of carbonyl (C=O) groups is 2. The third-order valence-electron chi connectivity index (χ3n) is 5.57. The molecule has 1 aliphatic heterocycles. The lowest BCUT2D eigenvalue weighted by Gasteiger charge is -2.23. The first-order chi connectivity index (χ1) is 16.0. The van der Waals surface area contributed by atoms with Crippen LogP contribution in [0.3, 0.4) is 0 Å². The standard InChI is InChI=1S/C26H26N2O5/c1-3-4-8-15-32-20-13-11-18(12-14-20)23-22(24(29)19-9-6-5-7-10-19)25(30)26(31)28(23)21-16-17(2)33-27-21/h5-7,9-14,16,23,29H,3-4,8,15H2,1-2H3/b24-22-. The Balaban J connectivity index is 1.75. The fourth-order valence-electron chi connectivity index (χ4n) is 3.89. The number of anilines is 1. The van der Waals surface area contributed by atoms with Crippen LogP contribution in [0.1, 0.15) is 49.1 Å². The highest BCUT2D eigenvalue weighted by molar-refractivity contribution is 6.51. The lowest BCUT2D eigenvalue weighted by atomic mass is 9.95. The summed E-state index contributed by atoms with van der Waals surface area (Å²) in [6, 6.07) is 16.6. The van der Waals surface area contributed by atoms with Crippen LogP contribution in [0.15, 0.2) is 70.8 Å². The molecule has 33 heavy (non-hydrogen) atoms. The highest BCUT2D eigenvalue weighted by atomic mass is 16.5. The number of ketones is 1. The summed E-state index contributed by atoms with van der Waals surface area (Å²) in [5.74, 6) is -0.364. The Morgan fingerprint density at radius 3 is 2.45 bits per heavy atom. The van der Waals surface area contributed by atoms with Crippen molar-refractivity contribution >= 4 is 23.3 Å². The summed E-state index contributed by atoms with van der Waals surface area (Å²) >= 11 is 0. The largest absolute Gasteiger partial charge is 0.507 e. The normalized spacial score (nSPS) is 17.5. The van der Waals surface area contributed by atoms with Crippen LogP contribution in [0.2, 0.25) is 0 Å². The van der Waals surface area contributed by atoms with E-state index in [9.17, 15) is 14.7 Å². The van der Waals surface area contributed by atoms with Gasteiger partial charge >= 0.3 is 5.91 Å². The van der Waals surface area contributed by atoms with Crippen molar-refractivity contribution in [2.75, 3.05) is 11.5 Å². The molecule has 0 aliphatic carbocycles. The van der Waals surface area contributed by atoms with Gasteiger partial charge in [-0.15, -0.1) is 0 Å². The highest BCUT2D eigenvalue weighted by Crippen LogP contribution is 2.42. The summed E-state index contributed by atoms with van der Waals surface area (Å²) in [4.78, 5) is 27.4. The first-order valence-electron chi connectivity index (χ1n) is 11.0. The van der Waals surface area contributed by atoms with Gasteiger partial charge in [0.1, 0.15) is 17.3 Å². The number of amides is 1. The number of aryl methyl sites for hydroxylation is 1. The average molecular weight is 447 g/mol. The Morgan fingerprint density at radius 2 is 1.82 bits per heavy atom. The van der Waals surface area contributed by atoms with Crippen LogP contribution in [0, 0.1) is 6.92 Å². The third kappa shape index (κ3) is 4.53. The first kappa shape index (κ1) is 22.3. The maximum Gasteiger partial charge on any atom is 0.301 e. The average Bonchev–Trinajstić information content (AvgIpc) is 3.38. The fraction of sp³-hybridized carbons (Fsp3) is 0.269.